The lowest BCUT2D eigenvalue weighted by Gasteiger charge is -2.23. The average Bonchev–Trinajstić information content (AvgIpc) is 2.91. The lowest BCUT2D eigenvalue weighted by Crippen LogP contribution is -2.35. The molecule has 1 aromatic rings. The first-order chi connectivity index (χ1) is 8.93. The number of likely N-dealkylation sites (tertiary alicyclic amines) is 1. The third-order valence-corrected chi connectivity index (χ3v) is 4.28. The highest BCUT2D eigenvalue weighted by Crippen LogP contribution is 2.27. The van der Waals surface area contributed by atoms with E-state index in [0.717, 1.165) is 23.1 Å². The Balaban J connectivity index is 2.25. The first-order valence-corrected chi connectivity index (χ1v) is 7.61. The third-order valence-electron chi connectivity index (χ3n) is 3.85. The predicted molar refractivity (Wildman–Crippen MR) is 80.2 cm³/mol. The summed E-state index contributed by atoms with van der Waals surface area (Å²) < 4.78 is 2.97. The molecule has 106 valence electrons. The fourth-order valence-corrected chi connectivity index (χ4v) is 3.22. The first-order valence-electron chi connectivity index (χ1n) is 6.82. The van der Waals surface area contributed by atoms with E-state index in [1.54, 1.807) is 0 Å². The molecule has 2 atom stereocenters. The summed E-state index contributed by atoms with van der Waals surface area (Å²) in [5.74, 6) is 0.549. The number of carbonyl (C=O) groups is 1. The fourth-order valence-electron chi connectivity index (χ4n) is 2.79. The normalized spacial score (nSPS) is 23.4. The standard InChI is InChI=1S/C14H22BrN3O/c1-9(2)17-8-12(15)5-13(17)14(19)18-7-11(6-16)4-10(18)3/h5,8-11H,4,6-7,16H2,1-3H3. The number of aromatic nitrogens is 1. The maximum atomic E-state index is 12.7. The van der Waals surface area contributed by atoms with E-state index < -0.39 is 0 Å². The van der Waals surface area contributed by atoms with Gasteiger partial charge < -0.3 is 15.2 Å². The third kappa shape index (κ3) is 2.87. The molecular formula is C14H22BrN3O. The van der Waals surface area contributed by atoms with Crippen molar-refractivity contribution in [2.24, 2.45) is 11.7 Å². The van der Waals surface area contributed by atoms with Crippen LogP contribution in [-0.4, -0.2) is 34.5 Å². The SMILES string of the molecule is CC1CC(CN)CN1C(=O)c1cc(Br)cn1C(C)C. The van der Waals surface area contributed by atoms with Gasteiger partial charge in [-0.3, -0.25) is 4.79 Å². The number of hydrogen-bond acceptors (Lipinski definition) is 2. The summed E-state index contributed by atoms with van der Waals surface area (Å²) in [5.41, 5.74) is 6.48. The number of carbonyl (C=O) groups excluding carboxylic acids is 1. The molecule has 2 rings (SSSR count). The van der Waals surface area contributed by atoms with E-state index >= 15 is 0 Å². The molecule has 1 saturated heterocycles. The maximum absolute atomic E-state index is 12.7. The Morgan fingerprint density at radius 2 is 2.26 bits per heavy atom. The molecule has 1 amide bonds. The zero-order valence-corrected chi connectivity index (χ0v) is 13.4. The molecule has 1 fully saturated rings. The van der Waals surface area contributed by atoms with Crippen LogP contribution in [0.2, 0.25) is 0 Å². The maximum Gasteiger partial charge on any atom is 0.270 e. The number of amides is 1. The minimum atomic E-state index is 0.114. The summed E-state index contributed by atoms with van der Waals surface area (Å²) in [6.07, 6.45) is 2.98. The zero-order valence-electron chi connectivity index (χ0n) is 11.8. The smallest absolute Gasteiger partial charge is 0.270 e. The number of nitrogens with two attached hydrogens (primary N) is 1. The van der Waals surface area contributed by atoms with E-state index in [0.29, 0.717) is 12.5 Å². The van der Waals surface area contributed by atoms with Crippen molar-refractivity contribution in [1.29, 1.82) is 0 Å². The Morgan fingerprint density at radius 3 is 2.79 bits per heavy atom. The van der Waals surface area contributed by atoms with Crippen LogP contribution < -0.4 is 5.73 Å². The van der Waals surface area contributed by atoms with Gasteiger partial charge in [-0.15, -0.1) is 0 Å². The van der Waals surface area contributed by atoms with Crippen molar-refractivity contribution in [3.05, 3.63) is 22.4 Å². The van der Waals surface area contributed by atoms with Crippen LogP contribution in [0.4, 0.5) is 0 Å². The van der Waals surface area contributed by atoms with Crippen LogP contribution in [-0.2, 0) is 0 Å². The quantitative estimate of drug-likeness (QED) is 0.927. The second-order valence-corrected chi connectivity index (χ2v) is 6.60. The molecule has 0 aromatic carbocycles. The second-order valence-electron chi connectivity index (χ2n) is 5.69. The molecule has 1 aliphatic rings. The van der Waals surface area contributed by atoms with Crippen LogP contribution in [0.25, 0.3) is 0 Å². The summed E-state index contributed by atoms with van der Waals surface area (Å²) in [7, 11) is 0. The number of rotatable bonds is 3. The monoisotopic (exact) mass is 327 g/mol. The highest BCUT2D eigenvalue weighted by molar-refractivity contribution is 9.10. The predicted octanol–water partition coefficient (Wildman–Crippen LogP) is 2.64. The summed E-state index contributed by atoms with van der Waals surface area (Å²) in [6, 6.07) is 2.45. The lowest BCUT2D eigenvalue weighted by atomic mass is 10.1. The van der Waals surface area contributed by atoms with Gasteiger partial charge in [0.25, 0.3) is 5.91 Å². The lowest BCUT2D eigenvalue weighted by molar-refractivity contribution is 0.0731. The molecule has 4 nitrogen and oxygen atoms in total. The fraction of sp³-hybridized carbons (Fsp3) is 0.643. The molecule has 0 radical (unpaired) electrons. The topological polar surface area (TPSA) is 51.3 Å². The molecule has 0 spiro atoms. The van der Waals surface area contributed by atoms with Crippen LogP contribution in [0.3, 0.4) is 0 Å². The van der Waals surface area contributed by atoms with E-state index in [1.165, 1.54) is 0 Å². The number of nitrogens with zero attached hydrogens (tertiary/aromatic N) is 2. The van der Waals surface area contributed by atoms with Crippen LogP contribution in [0.1, 0.15) is 43.7 Å². The molecule has 2 unspecified atom stereocenters. The molecule has 1 aromatic heterocycles. The zero-order chi connectivity index (χ0) is 14.2. The Morgan fingerprint density at radius 1 is 1.58 bits per heavy atom. The Hall–Kier alpha value is -0.810. The van der Waals surface area contributed by atoms with E-state index in [-0.39, 0.29) is 18.0 Å². The van der Waals surface area contributed by atoms with Crippen molar-refractivity contribution in [2.75, 3.05) is 13.1 Å². The van der Waals surface area contributed by atoms with Gasteiger partial charge in [-0.05, 0) is 61.7 Å². The molecule has 0 bridgehead atoms. The Kier molecular flexibility index (Phi) is 4.36. The highest BCUT2D eigenvalue weighted by Gasteiger charge is 2.33. The second kappa shape index (κ2) is 5.67. The van der Waals surface area contributed by atoms with Crippen molar-refractivity contribution in [3.63, 3.8) is 0 Å². The number of hydrogen-bond donors (Lipinski definition) is 1. The summed E-state index contributed by atoms with van der Waals surface area (Å²) >= 11 is 3.46. The molecule has 2 heterocycles. The van der Waals surface area contributed by atoms with Crippen molar-refractivity contribution in [2.45, 2.75) is 39.3 Å². The Labute approximate surface area is 123 Å². The first kappa shape index (κ1) is 14.6. The van der Waals surface area contributed by atoms with Crippen molar-refractivity contribution < 1.29 is 4.79 Å². The van der Waals surface area contributed by atoms with Gasteiger partial charge in [-0.2, -0.15) is 0 Å². The van der Waals surface area contributed by atoms with Crippen molar-refractivity contribution in [3.8, 4) is 0 Å². The van der Waals surface area contributed by atoms with E-state index in [1.807, 2.05) is 21.7 Å². The molecular weight excluding hydrogens is 306 g/mol. The van der Waals surface area contributed by atoms with Gasteiger partial charge in [0.05, 0.1) is 0 Å². The van der Waals surface area contributed by atoms with Gasteiger partial charge in [-0.25, -0.2) is 0 Å². The molecule has 1 aliphatic heterocycles. The summed E-state index contributed by atoms with van der Waals surface area (Å²) in [6.45, 7) is 7.70. The summed E-state index contributed by atoms with van der Waals surface area (Å²) in [4.78, 5) is 14.7. The highest BCUT2D eigenvalue weighted by atomic mass is 79.9. The van der Waals surface area contributed by atoms with Crippen LogP contribution in [0.15, 0.2) is 16.7 Å². The molecule has 0 saturated carbocycles. The molecule has 0 aliphatic carbocycles. The molecule has 5 heteroatoms. The van der Waals surface area contributed by atoms with E-state index in [4.69, 9.17) is 5.73 Å². The summed E-state index contributed by atoms with van der Waals surface area (Å²) in [5, 5.41) is 0. The van der Waals surface area contributed by atoms with Gasteiger partial charge in [0, 0.05) is 29.3 Å². The minimum absolute atomic E-state index is 0.114. The van der Waals surface area contributed by atoms with E-state index in [9.17, 15) is 4.79 Å². The van der Waals surface area contributed by atoms with Crippen molar-refractivity contribution >= 4 is 21.8 Å². The van der Waals surface area contributed by atoms with Gasteiger partial charge in [-0.1, -0.05) is 0 Å². The molecule has 19 heavy (non-hydrogen) atoms. The van der Waals surface area contributed by atoms with Gasteiger partial charge in [0.1, 0.15) is 5.69 Å². The average molecular weight is 328 g/mol. The van der Waals surface area contributed by atoms with Crippen LogP contribution in [0, 0.1) is 5.92 Å². The minimum Gasteiger partial charge on any atom is -0.340 e. The molecule has 2 N–H and O–H groups in total. The van der Waals surface area contributed by atoms with Gasteiger partial charge in [0.15, 0.2) is 0 Å². The van der Waals surface area contributed by atoms with Crippen LogP contribution >= 0.6 is 15.9 Å². The van der Waals surface area contributed by atoms with E-state index in [2.05, 4.69) is 36.7 Å². The Bertz CT molecular complexity index is 469. The van der Waals surface area contributed by atoms with Crippen LogP contribution in [0.5, 0.6) is 0 Å². The van der Waals surface area contributed by atoms with Crippen molar-refractivity contribution in [1.82, 2.24) is 9.47 Å². The van der Waals surface area contributed by atoms with Gasteiger partial charge in [0.2, 0.25) is 0 Å². The number of halogens is 1. The largest absolute Gasteiger partial charge is 0.340 e. The van der Waals surface area contributed by atoms with Gasteiger partial charge >= 0.3 is 0 Å².